The summed E-state index contributed by atoms with van der Waals surface area (Å²) in [4.78, 5) is 33.1. The standard InChI is InChI=1S/C20H18ClN3O3/c1-11-4-6-15(9-16(11)21)24-19(25)10-27-20(26)14-5-7-17-18(8-14)23-13(3)12(2)22-17/h4-9H,10H2,1-3H3,(H,24,25). The zero-order valence-electron chi connectivity index (χ0n) is 15.2. The Kier molecular flexibility index (Phi) is 5.37. The molecule has 7 heteroatoms. The molecular weight excluding hydrogens is 366 g/mol. The summed E-state index contributed by atoms with van der Waals surface area (Å²) in [6, 6.07) is 10.1. The summed E-state index contributed by atoms with van der Waals surface area (Å²) < 4.78 is 5.09. The Labute approximate surface area is 161 Å². The van der Waals surface area contributed by atoms with Gasteiger partial charge in [-0.3, -0.25) is 4.79 Å². The van der Waals surface area contributed by atoms with Crippen LogP contribution in [0.1, 0.15) is 27.3 Å². The summed E-state index contributed by atoms with van der Waals surface area (Å²) in [5, 5.41) is 3.19. The molecule has 0 saturated carbocycles. The summed E-state index contributed by atoms with van der Waals surface area (Å²) in [5.74, 6) is -1.05. The smallest absolute Gasteiger partial charge is 0.338 e. The predicted molar refractivity (Wildman–Crippen MR) is 104 cm³/mol. The first-order chi connectivity index (χ1) is 12.8. The van der Waals surface area contributed by atoms with Crippen LogP contribution in [0.15, 0.2) is 36.4 Å². The number of anilines is 1. The SMILES string of the molecule is Cc1ccc(NC(=O)COC(=O)c2ccc3nc(C)c(C)nc3c2)cc1Cl. The highest BCUT2D eigenvalue weighted by Crippen LogP contribution is 2.20. The predicted octanol–water partition coefficient (Wildman–Crippen LogP) is 4.00. The van der Waals surface area contributed by atoms with Gasteiger partial charge < -0.3 is 10.1 Å². The highest BCUT2D eigenvalue weighted by atomic mass is 35.5. The molecule has 3 rings (SSSR count). The van der Waals surface area contributed by atoms with Crippen LogP contribution < -0.4 is 5.32 Å². The first-order valence-corrected chi connectivity index (χ1v) is 8.69. The van der Waals surface area contributed by atoms with Crippen LogP contribution in [0.5, 0.6) is 0 Å². The van der Waals surface area contributed by atoms with E-state index in [0.29, 0.717) is 27.3 Å². The van der Waals surface area contributed by atoms with Gasteiger partial charge in [0.1, 0.15) is 0 Å². The van der Waals surface area contributed by atoms with Gasteiger partial charge in [-0.2, -0.15) is 0 Å². The van der Waals surface area contributed by atoms with Crippen LogP contribution in [0.2, 0.25) is 5.02 Å². The average Bonchev–Trinajstić information content (AvgIpc) is 2.63. The number of esters is 1. The number of amides is 1. The van der Waals surface area contributed by atoms with Crippen LogP contribution >= 0.6 is 11.6 Å². The molecule has 6 nitrogen and oxygen atoms in total. The molecule has 2 aromatic carbocycles. The van der Waals surface area contributed by atoms with E-state index < -0.39 is 18.5 Å². The topological polar surface area (TPSA) is 81.2 Å². The number of fused-ring (bicyclic) bond motifs is 1. The van der Waals surface area contributed by atoms with Gasteiger partial charge in [0, 0.05) is 10.7 Å². The molecular formula is C20H18ClN3O3. The third-order valence-corrected chi connectivity index (χ3v) is 4.51. The van der Waals surface area contributed by atoms with Crippen molar-refractivity contribution in [2.75, 3.05) is 11.9 Å². The molecule has 0 radical (unpaired) electrons. The van der Waals surface area contributed by atoms with E-state index in [4.69, 9.17) is 16.3 Å². The molecule has 0 aliphatic heterocycles. The Balaban J connectivity index is 1.64. The lowest BCUT2D eigenvalue weighted by Crippen LogP contribution is -2.21. The number of nitrogens with zero attached hydrogens (tertiary/aromatic N) is 2. The summed E-state index contributed by atoms with van der Waals surface area (Å²) in [5.41, 5.74) is 4.69. The monoisotopic (exact) mass is 383 g/mol. The Hall–Kier alpha value is -2.99. The van der Waals surface area contributed by atoms with Gasteiger partial charge in [0.2, 0.25) is 0 Å². The molecule has 0 fully saturated rings. The summed E-state index contributed by atoms with van der Waals surface area (Å²) in [6.07, 6.45) is 0. The van der Waals surface area contributed by atoms with Crippen LogP contribution in [0, 0.1) is 20.8 Å². The molecule has 1 amide bonds. The molecule has 27 heavy (non-hydrogen) atoms. The minimum absolute atomic E-state index is 0.311. The zero-order chi connectivity index (χ0) is 19.6. The summed E-state index contributed by atoms with van der Waals surface area (Å²) in [7, 11) is 0. The maximum absolute atomic E-state index is 12.2. The van der Waals surface area contributed by atoms with Gasteiger partial charge in [0.25, 0.3) is 5.91 Å². The van der Waals surface area contributed by atoms with Gasteiger partial charge >= 0.3 is 5.97 Å². The Morgan fingerprint density at radius 1 is 1.00 bits per heavy atom. The lowest BCUT2D eigenvalue weighted by Gasteiger charge is -2.08. The molecule has 0 unspecified atom stereocenters. The van der Waals surface area contributed by atoms with E-state index in [9.17, 15) is 9.59 Å². The van der Waals surface area contributed by atoms with Crippen LogP contribution in [-0.4, -0.2) is 28.5 Å². The Morgan fingerprint density at radius 3 is 2.41 bits per heavy atom. The van der Waals surface area contributed by atoms with Gasteiger partial charge in [-0.05, 0) is 56.7 Å². The van der Waals surface area contributed by atoms with Crippen molar-refractivity contribution in [3.05, 3.63) is 63.9 Å². The fraction of sp³-hybridized carbons (Fsp3) is 0.200. The Bertz CT molecular complexity index is 1050. The van der Waals surface area contributed by atoms with Crippen molar-refractivity contribution in [2.24, 2.45) is 0 Å². The number of ether oxygens (including phenoxy) is 1. The minimum atomic E-state index is -0.603. The van der Waals surface area contributed by atoms with E-state index in [1.165, 1.54) is 0 Å². The number of aryl methyl sites for hydroxylation is 3. The summed E-state index contributed by atoms with van der Waals surface area (Å²) >= 11 is 6.03. The molecule has 138 valence electrons. The van der Waals surface area contributed by atoms with E-state index >= 15 is 0 Å². The van der Waals surface area contributed by atoms with Gasteiger partial charge in [-0.15, -0.1) is 0 Å². The lowest BCUT2D eigenvalue weighted by atomic mass is 10.2. The molecule has 0 saturated heterocycles. The molecule has 3 aromatic rings. The number of halogens is 1. The first-order valence-electron chi connectivity index (χ1n) is 8.31. The first kappa shape index (κ1) is 18.8. The number of hydrogen-bond acceptors (Lipinski definition) is 5. The minimum Gasteiger partial charge on any atom is -0.452 e. The van der Waals surface area contributed by atoms with Crippen molar-refractivity contribution in [1.29, 1.82) is 0 Å². The Morgan fingerprint density at radius 2 is 1.70 bits per heavy atom. The van der Waals surface area contributed by atoms with Crippen LogP contribution in [0.3, 0.4) is 0 Å². The lowest BCUT2D eigenvalue weighted by molar-refractivity contribution is -0.119. The van der Waals surface area contributed by atoms with Crippen LogP contribution in [-0.2, 0) is 9.53 Å². The maximum atomic E-state index is 12.2. The number of hydrogen-bond donors (Lipinski definition) is 1. The van der Waals surface area contributed by atoms with Crippen molar-refractivity contribution in [3.8, 4) is 0 Å². The normalized spacial score (nSPS) is 10.7. The van der Waals surface area contributed by atoms with E-state index in [0.717, 1.165) is 17.0 Å². The fourth-order valence-corrected chi connectivity index (χ4v) is 2.62. The van der Waals surface area contributed by atoms with Crippen molar-refractivity contribution >= 4 is 40.2 Å². The van der Waals surface area contributed by atoms with Crippen molar-refractivity contribution in [3.63, 3.8) is 0 Å². The molecule has 1 heterocycles. The third-order valence-electron chi connectivity index (χ3n) is 4.10. The molecule has 0 atom stereocenters. The van der Waals surface area contributed by atoms with Crippen LogP contribution in [0.4, 0.5) is 5.69 Å². The maximum Gasteiger partial charge on any atom is 0.338 e. The van der Waals surface area contributed by atoms with E-state index in [2.05, 4.69) is 15.3 Å². The largest absolute Gasteiger partial charge is 0.452 e. The van der Waals surface area contributed by atoms with Gasteiger partial charge in [0.05, 0.1) is 28.0 Å². The molecule has 0 spiro atoms. The highest BCUT2D eigenvalue weighted by Gasteiger charge is 2.12. The quantitative estimate of drug-likeness (QED) is 0.688. The van der Waals surface area contributed by atoms with Gasteiger partial charge in [-0.25, -0.2) is 14.8 Å². The molecule has 0 aliphatic rings. The number of nitrogens with one attached hydrogen (secondary N) is 1. The van der Waals surface area contributed by atoms with E-state index in [1.54, 1.807) is 36.4 Å². The molecule has 1 aromatic heterocycles. The highest BCUT2D eigenvalue weighted by molar-refractivity contribution is 6.31. The van der Waals surface area contributed by atoms with Crippen molar-refractivity contribution in [2.45, 2.75) is 20.8 Å². The molecule has 0 aliphatic carbocycles. The second-order valence-electron chi connectivity index (χ2n) is 6.19. The van der Waals surface area contributed by atoms with Gasteiger partial charge in [0.15, 0.2) is 6.61 Å². The number of rotatable bonds is 4. The summed E-state index contributed by atoms with van der Waals surface area (Å²) in [6.45, 7) is 5.20. The van der Waals surface area contributed by atoms with Gasteiger partial charge in [-0.1, -0.05) is 17.7 Å². The number of aromatic nitrogens is 2. The molecule has 0 bridgehead atoms. The molecule has 1 N–H and O–H groups in total. The number of carbonyl (C=O) groups is 2. The van der Waals surface area contributed by atoms with Crippen molar-refractivity contribution < 1.29 is 14.3 Å². The second-order valence-corrected chi connectivity index (χ2v) is 6.59. The van der Waals surface area contributed by atoms with Crippen LogP contribution in [0.25, 0.3) is 11.0 Å². The van der Waals surface area contributed by atoms with Crippen molar-refractivity contribution in [1.82, 2.24) is 9.97 Å². The number of benzene rings is 2. The average molecular weight is 384 g/mol. The fourth-order valence-electron chi connectivity index (χ4n) is 2.44. The second kappa shape index (κ2) is 7.72. The van der Waals surface area contributed by atoms with E-state index in [1.807, 2.05) is 20.8 Å². The third kappa shape index (κ3) is 4.41. The number of carbonyl (C=O) groups excluding carboxylic acids is 2. The zero-order valence-corrected chi connectivity index (χ0v) is 15.9. The van der Waals surface area contributed by atoms with E-state index in [-0.39, 0.29) is 0 Å².